The minimum absolute atomic E-state index is 0.887. The lowest BCUT2D eigenvalue weighted by atomic mass is 10.0. The minimum Gasteiger partial charge on any atom is -0.388 e. The molecule has 3 heteroatoms. The van der Waals surface area contributed by atoms with Crippen molar-refractivity contribution < 1.29 is 0 Å². The van der Waals surface area contributed by atoms with Gasteiger partial charge < -0.3 is 10.7 Å². The number of aromatic nitrogens is 1. The molecule has 19 heavy (non-hydrogen) atoms. The lowest BCUT2D eigenvalue weighted by Crippen LogP contribution is -1.95. The third kappa shape index (κ3) is 3.41. The van der Waals surface area contributed by atoms with Crippen LogP contribution in [0.15, 0.2) is 36.5 Å². The molecule has 0 amide bonds. The fourth-order valence-electron chi connectivity index (χ4n) is 1.86. The Bertz CT molecular complexity index is 547. The summed E-state index contributed by atoms with van der Waals surface area (Å²) in [4.78, 5) is 4.29. The van der Waals surface area contributed by atoms with Gasteiger partial charge in [-0.15, -0.1) is 0 Å². The van der Waals surface area contributed by atoms with Crippen LogP contribution >= 0.6 is 0 Å². The van der Waals surface area contributed by atoms with E-state index in [1.807, 2.05) is 52.1 Å². The summed E-state index contributed by atoms with van der Waals surface area (Å²) in [6.45, 7) is 6.00. The molecular weight excluding hydrogens is 234 g/mol. The Hall–Kier alpha value is -2.16. The predicted octanol–water partition coefficient (Wildman–Crippen LogP) is 4.12. The quantitative estimate of drug-likeness (QED) is 0.810. The van der Waals surface area contributed by atoms with E-state index in [0.29, 0.717) is 0 Å². The van der Waals surface area contributed by atoms with E-state index in [1.54, 1.807) is 6.20 Å². The first-order chi connectivity index (χ1) is 9.26. The average molecular weight is 255 g/mol. The Morgan fingerprint density at radius 2 is 1.95 bits per heavy atom. The van der Waals surface area contributed by atoms with Crippen molar-refractivity contribution >= 4 is 11.9 Å². The number of rotatable bonds is 3. The molecule has 1 aromatic carbocycles. The lowest BCUT2D eigenvalue weighted by Gasteiger charge is -2.09. The zero-order chi connectivity index (χ0) is 14.3. The summed E-state index contributed by atoms with van der Waals surface area (Å²) in [6, 6.07) is 10.0. The molecule has 0 unspecified atom stereocenters. The largest absolute Gasteiger partial charge is 0.388 e. The van der Waals surface area contributed by atoms with Gasteiger partial charge in [0.25, 0.3) is 0 Å². The van der Waals surface area contributed by atoms with Crippen LogP contribution in [0, 0.1) is 12.3 Å². The summed E-state index contributed by atoms with van der Waals surface area (Å²) in [5.74, 6) is 0. The number of hydrogen-bond donors (Lipinski definition) is 2. The summed E-state index contributed by atoms with van der Waals surface area (Å²) in [7, 11) is 1.86. The van der Waals surface area contributed by atoms with Crippen LogP contribution in [0.1, 0.15) is 25.1 Å². The summed E-state index contributed by atoms with van der Waals surface area (Å²) in [6.07, 6.45) is 3.15. The van der Waals surface area contributed by atoms with Crippen molar-refractivity contribution in [3.63, 3.8) is 0 Å². The van der Waals surface area contributed by atoms with Crippen molar-refractivity contribution in [1.29, 1.82) is 5.41 Å². The molecule has 0 bridgehead atoms. The number of nitrogens with zero attached hydrogens (tertiary/aromatic N) is 1. The van der Waals surface area contributed by atoms with Crippen LogP contribution in [-0.4, -0.2) is 18.2 Å². The van der Waals surface area contributed by atoms with Crippen LogP contribution < -0.4 is 5.32 Å². The van der Waals surface area contributed by atoms with E-state index in [0.717, 1.165) is 28.1 Å². The summed E-state index contributed by atoms with van der Waals surface area (Å²) in [5.41, 5.74) is 5.10. The van der Waals surface area contributed by atoms with E-state index in [-0.39, 0.29) is 0 Å². The number of aryl methyl sites for hydroxylation is 1. The van der Waals surface area contributed by atoms with Gasteiger partial charge in [-0.2, -0.15) is 0 Å². The first-order valence-corrected chi connectivity index (χ1v) is 6.50. The Labute approximate surface area is 115 Å². The third-order valence-corrected chi connectivity index (χ3v) is 2.80. The molecule has 2 rings (SSSR count). The van der Waals surface area contributed by atoms with Gasteiger partial charge in [0, 0.05) is 42.0 Å². The molecule has 0 spiro atoms. The standard InChI is InChI=1S/C14H15N3.C2H6/c1-10-13(4-3-7-17-10)11-5-6-12(9-15)14(8-11)16-2;1-2/h3-9,15-16H,1-2H3;1-2H3. The minimum atomic E-state index is 0.887. The zero-order valence-corrected chi connectivity index (χ0v) is 12.0. The molecule has 0 saturated carbocycles. The second kappa shape index (κ2) is 7.31. The van der Waals surface area contributed by atoms with Gasteiger partial charge in [0.05, 0.1) is 0 Å². The molecule has 2 N–H and O–H groups in total. The Kier molecular flexibility index (Phi) is 5.73. The summed E-state index contributed by atoms with van der Waals surface area (Å²) < 4.78 is 0. The fraction of sp³-hybridized carbons (Fsp3) is 0.250. The molecule has 0 aliphatic carbocycles. The summed E-state index contributed by atoms with van der Waals surface area (Å²) >= 11 is 0. The lowest BCUT2D eigenvalue weighted by molar-refractivity contribution is 1.20. The van der Waals surface area contributed by atoms with Gasteiger partial charge in [-0.25, -0.2) is 0 Å². The highest BCUT2D eigenvalue weighted by molar-refractivity contribution is 5.88. The molecular formula is C16H21N3. The number of nitrogens with one attached hydrogen (secondary N) is 2. The Balaban J connectivity index is 0.000000861. The number of anilines is 1. The summed E-state index contributed by atoms with van der Waals surface area (Å²) in [5, 5.41) is 10.4. The van der Waals surface area contributed by atoms with Gasteiger partial charge in [-0.1, -0.05) is 32.0 Å². The highest BCUT2D eigenvalue weighted by Crippen LogP contribution is 2.26. The van der Waals surface area contributed by atoms with Crippen molar-refractivity contribution in [2.24, 2.45) is 0 Å². The van der Waals surface area contributed by atoms with E-state index in [4.69, 9.17) is 5.41 Å². The molecule has 0 aliphatic rings. The molecule has 0 saturated heterocycles. The van der Waals surface area contributed by atoms with Gasteiger partial charge in [0.2, 0.25) is 0 Å². The topological polar surface area (TPSA) is 48.8 Å². The van der Waals surface area contributed by atoms with Gasteiger partial charge in [-0.05, 0) is 24.6 Å². The third-order valence-electron chi connectivity index (χ3n) is 2.80. The van der Waals surface area contributed by atoms with Gasteiger partial charge >= 0.3 is 0 Å². The normalized spacial score (nSPS) is 9.26. The molecule has 0 aliphatic heterocycles. The van der Waals surface area contributed by atoms with E-state index < -0.39 is 0 Å². The highest BCUT2D eigenvalue weighted by atomic mass is 14.8. The number of benzene rings is 1. The van der Waals surface area contributed by atoms with Crippen molar-refractivity contribution in [2.45, 2.75) is 20.8 Å². The average Bonchev–Trinajstić information content (AvgIpc) is 2.49. The first-order valence-electron chi connectivity index (χ1n) is 6.50. The van der Waals surface area contributed by atoms with E-state index >= 15 is 0 Å². The second-order valence-electron chi connectivity index (χ2n) is 3.83. The van der Waals surface area contributed by atoms with Crippen LogP contribution in [0.4, 0.5) is 5.69 Å². The van der Waals surface area contributed by atoms with Gasteiger partial charge in [0.1, 0.15) is 0 Å². The van der Waals surface area contributed by atoms with Crippen molar-refractivity contribution in [3.05, 3.63) is 47.8 Å². The Morgan fingerprint density at radius 1 is 1.21 bits per heavy atom. The van der Waals surface area contributed by atoms with E-state index in [9.17, 15) is 0 Å². The predicted molar refractivity (Wildman–Crippen MR) is 83.2 cm³/mol. The SMILES string of the molecule is CC.CNc1cc(-c2cccnc2C)ccc1C=N. The van der Waals surface area contributed by atoms with Crippen molar-refractivity contribution in [1.82, 2.24) is 4.98 Å². The molecule has 0 fully saturated rings. The second-order valence-corrected chi connectivity index (χ2v) is 3.83. The molecule has 100 valence electrons. The molecule has 2 aromatic rings. The maximum absolute atomic E-state index is 7.33. The van der Waals surface area contributed by atoms with Gasteiger partial charge in [-0.3, -0.25) is 4.98 Å². The van der Waals surface area contributed by atoms with Crippen molar-refractivity contribution in [3.8, 4) is 11.1 Å². The molecule has 0 atom stereocenters. The van der Waals surface area contributed by atoms with E-state index in [2.05, 4.69) is 16.4 Å². The zero-order valence-electron chi connectivity index (χ0n) is 12.0. The number of hydrogen-bond acceptors (Lipinski definition) is 3. The van der Waals surface area contributed by atoms with E-state index in [1.165, 1.54) is 6.21 Å². The number of pyridine rings is 1. The molecule has 1 heterocycles. The van der Waals surface area contributed by atoms with Crippen LogP contribution in [0.25, 0.3) is 11.1 Å². The van der Waals surface area contributed by atoms with Crippen LogP contribution in [0.5, 0.6) is 0 Å². The van der Waals surface area contributed by atoms with Crippen LogP contribution in [0.2, 0.25) is 0 Å². The maximum atomic E-state index is 7.33. The molecule has 1 aromatic heterocycles. The first kappa shape index (κ1) is 14.9. The molecule has 3 nitrogen and oxygen atoms in total. The van der Waals surface area contributed by atoms with Gasteiger partial charge in [0.15, 0.2) is 0 Å². The fourth-order valence-corrected chi connectivity index (χ4v) is 1.86. The molecule has 0 radical (unpaired) electrons. The van der Waals surface area contributed by atoms with Crippen LogP contribution in [0.3, 0.4) is 0 Å². The maximum Gasteiger partial charge on any atom is 0.0450 e. The Morgan fingerprint density at radius 3 is 2.53 bits per heavy atom. The smallest absolute Gasteiger partial charge is 0.0450 e. The monoisotopic (exact) mass is 255 g/mol. The highest BCUT2D eigenvalue weighted by Gasteiger charge is 2.05. The van der Waals surface area contributed by atoms with Crippen molar-refractivity contribution in [2.75, 3.05) is 12.4 Å². The van der Waals surface area contributed by atoms with Crippen LogP contribution in [-0.2, 0) is 0 Å².